The van der Waals surface area contributed by atoms with Crippen LogP contribution in [0.25, 0.3) is 5.69 Å². The molecule has 6 heteroatoms. The van der Waals surface area contributed by atoms with Crippen LogP contribution in [0.5, 0.6) is 5.75 Å². The quantitative estimate of drug-likeness (QED) is 0.934. The molecule has 0 bridgehead atoms. The summed E-state index contributed by atoms with van der Waals surface area (Å²) in [6.07, 6.45) is 0. The summed E-state index contributed by atoms with van der Waals surface area (Å²) >= 11 is 6.14. The zero-order valence-corrected chi connectivity index (χ0v) is 12.0. The minimum Gasteiger partial charge on any atom is -0.495 e. The van der Waals surface area contributed by atoms with E-state index in [0.717, 1.165) is 17.1 Å². The molecule has 2 aromatic rings. The van der Waals surface area contributed by atoms with Crippen LogP contribution in [0.1, 0.15) is 31.2 Å². The van der Waals surface area contributed by atoms with Gasteiger partial charge in [-0.2, -0.15) is 0 Å². The second-order valence-electron chi connectivity index (χ2n) is 4.51. The van der Waals surface area contributed by atoms with Gasteiger partial charge in [0, 0.05) is 6.54 Å². The number of hydrogen-bond acceptors (Lipinski definition) is 4. The van der Waals surface area contributed by atoms with Crippen LogP contribution in [0.15, 0.2) is 18.2 Å². The van der Waals surface area contributed by atoms with Gasteiger partial charge in [0.05, 0.1) is 23.5 Å². The average molecular weight is 281 g/mol. The Morgan fingerprint density at radius 3 is 2.68 bits per heavy atom. The van der Waals surface area contributed by atoms with E-state index in [2.05, 4.69) is 24.2 Å². The standard InChI is InChI=1S/C13H17ClN4O/c1-8(2)13-11(7-15)16-17-18(13)9-4-5-12(19-3)10(14)6-9/h4-6,8H,7,15H2,1-3H3. The highest BCUT2D eigenvalue weighted by atomic mass is 35.5. The van der Waals surface area contributed by atoms with Crippen molar-refractivity contribution in [2.24, 2.45) is 5.73 Å². The van der Waals surface area contributed by atoms with Crippen LogP contribution in [-0.4, -0.2) is 22.1 Å². The van der Waals surface area contributed by atoms with E-state index in [9.17, 15) is 0 Å². The summed E-state index contributed by atoms with van der Waals surface area (Å²) < 4.78 is 6.92. The summed E-state index contributed by atoms with van der Waals surface area (Å²) in [4.78, 5) is 0. The van der Waals surface area contributed by atoms with Crippen molar-refractivity contribution in [3.63, 3.8) is 0 Å². The van der Waals surface area contributed by atoms with Gasteiger partial charge in [0.25, 0.3) is 0 Å². The molecule has 2 rings (SSSR count). The van der Waals surface area contributed by atoms with Crippen LogP contribution in [-0.2, 0) is 6.54 Å². The number of benzene rings is 1. The van der Waals surface area contributed by atoms with Gasteiger partial charge in [0.2, 0.25) is 0 Å². The average Bonchev–Trinajstić information content (AvgIpc) is 2.82. The molecule has 19 heavy (non-hydrogen) atoms. The molecule has 0 saturated carbocycles. The van der Waals surface area contributed by atoms with Gasteiger partial charge >= 0.3 is 0 Å². The molecule has 0 aliphatic rings. The van der Waals surface area contributed by atoms with Crippen LogP contribution in [0.2, 0.25) is 5.02 Å². The minimum atomic E-state index is 0.273. The predicted molar refractivity (Wildman–Crippen MR) is 74.9 cm³/mol. The Morgan fingerprint density at radius 2 is 2.16 bits per heavy atom. The smallest absolute Gasteiger partial charge is 0.137 e. The molecule has 0 fully saturated rings. The van der Waals surface area contributed by atoms with Crippen molar-refractivity contribution in [2.75, 3.05) is 7.11 Å². The fourth-order valence-electron chi connectivity index (χ4n) is 2.02. The Labute approximate surface area is 117 Å². The summed E-state index contributed by atoms with van der Waals surface area (Å²) in [7, 11) is 1.59. The third-order valence-corrected chi connectivity index (χ3v) is 3.19. The molecule has 0 saturated heterocycles. The van der Waals surface area contributed by atoms with Crippen LogP contribution in [0.3, 0.4) is 0 Å². The molecular formula is C13H17ClN4O. The van der Waals surface area contributed by atoms with Gasteiger partial charge in [-0.3, -0.25) is 0 Å². The lowest BCUT2D eigenvalue weighted by molar-refractivity contribution is 0.415. The number of rotatable bonds is 4. The summed E-state index contributed by atoms with van der Waals surface area (Å²) in [5.74, 6) is 0.908. The van der Waals surface area contributed by atoms with E-state index in [1.54, 1.807) is 17.9 Å². The van der Waals surface area contributed by atoms with E-state index in [0.29, 0.717) is 17.3 Å². The molecule has 1 aromatic heterocycles. The monoisotopic (exact) mass is 280 g/mol. The number of nitrogens with zero attached hydrogens (tertiary/aromatic N) is 3. The first-order valence-electron chi connectivity index (χ1n) is 6.07. The molecule has 2 N–H and O–H groups in total. The van der Waals surface area contributed by atoms with Gasteiger partial charge in [-0.25, -0.2) is 4.68 Å². The minimum absolute atomic E-state index is 0.273. The molecule has 1 aromatic carbocycles. The predicted octanol–water partition coefficient (Wildman–Crippen LogP) is 2.51. The van der Waals surface area contributed by atoms with Crippen LogP contribution >= 0.6 is 11.6 Å². The molecule has 0 amide bonds. The number of methoxy groups -OCH3 is 1. The lowest BCUT2D eigenvalue weighted by Gasteiger charge is -2.11. The fourth-order valence-corrected chi connectivity index (χ4v) is 2.27. The first kappa shape index (κ1) is 13.8. The van der Waals surface area contributed by atoms with Gasteiger partial charge in [0.15, 0.2) is 0 Å². The van der Waals surface area contributed by atoms with E-state index >= 15 is 0 Å². The molecule has 0 spiro atoms. The number of aromatic nitrogens is 3. The maximum absolute atomic E-state index is 6.14. The van der Waals surface area contributed by atoms with Crippen LogP contribution in [0, 0.1) is 0 Å². The first-order valence-corrected chi connectivity index (χ1v) is 6.44. The highest BCUT2D eigenvalue weighted by Crippen LogP contribution is 2.28. The molecular weight excluding hydrogens is 264 g/mol. The number of ether oxygens (including phenoxy) is 1. The number of halogens is 1. The van der Waals surface area contributed by atoms with Crippen molar-refractivity contribution in [2.45, 2.75) is 26.3 Å². The van der Waals surface area contributed by atoms with E-state index < -0.39 is 0 Å². The van der Waals surface area contributed by atoms with Gasteiger partial charge < -0.3 is 10.5 Å². The Hall–Kier alpha value is -1.59. The highest BCUT2D eigenvalue weighted by molar-refractivity contribution is 6.32. The van der Waals surface area contributed by atoms with Crippen molar-refractivity contribution >= 4 is 11.6 Å². The normalized spacial score (nSPS) is 11.1. The van der Waals surface area contributed by atoms with Crippen LogP contribution in [0.4, 0.5) is 0 Å². The summed E-state index contributed by atoms with van der Waals surface area (Å²) in [6.45, 7) is 4.54. The molecule has 0 unspecified atom stereocenters. The summed E-state index contributed by atoms with van der Waals surface area (Å²) in [6, 6.07) is 5.51. The van der Waals surface area contributed by atoms with E-state index in [1.165, 1.54) is 0 Å². The lowest BCUT2D eigenvalue weighted by atomic mass is 10.1. The zero-order chi connectivity index (χ0) is 14.0. The number of nitrogens with two attached hydrogens (primary N) is 1. The van der Waals surface area contributed by atoms with Crippen molar-refractivity contribution in [3.8, 4) is 11.4 Å². The molecule has 0 atom stereocenters. The summed E-state index contributed by atoms with van der Waals surface area (Å²) in [5.41, 5.74) is 8.35. The molecule has 102 valence electrons. The van der Waals surface area contributed by atoms with Gasteiger partial charge in [-0.05, 0) is 24.1 Å². The topological polar surface area (TPSA) is 66.0 Å². The molecule has 0 aliphatic carbocycles. The third kappa shape index (κ3) is 2.57. The molecule has 0 radical (unpaired) electrons. The van der Waals surface area contributed by atoms with Gasteiger partial charge in [-0.15, -0.1) is 5.10 Å². The Morgan fingerprint density at radius 1 is 1.42 bits per heavy atom. The van der Waals surface area contributed by atoms with Crippen molar-refractivity contribution in [3.05, 3.63) is 34.6 Å². The van der Waals surface area contributed by atoms with Crippen molar-refractivity contribution in [1.29, 1.82) is 0 Å². The Bertz CT molecular complexity index is 580. The molecule has 0 aliphatic heterocycles. The Balaban J connectivity index is 2.53. The maximum atomic E-state index is 6.14. The SMILES string of the molecule is COc1ccc(-n2nnc(CN)c2C(C)C)cc1Cl. The van der Waals surface area contributed by atoms with Gasteiger partial charge in [-0.1, -0.05) is 30.7 Å². The zero-order valence-electron chi connectivity index (χ0n) is 11.2. The van der Waals surface area contributed by atoms with Crippen molar-refractivity contribution in [1.82, 2.24) is 15.0 Å². The second kappa shape index (κ2) is 5.59. The van der Waals surface area contributed by atoms with Crippen molar-refractivity contribution < 1.29 is 4.74 Å². The molecule has 5 nitrogen and oxygen atoms in total. The van der Waals surface area contributed by atoms with E-state index in [1.807, 2.05) is 12.1 Å². The lowest BCUT2D eigenvalue weighted by Crippen LogP contribution is -2.07. The second-order valence-corrected chi connectivity index (χ2v) is 4.92. The van der Waals surface area contributed by atoms with E-state index in [4.69, 9.17) is 22.1 Å². The summed E-state index contributed by atoms with van der Waals surface area (Å²) in [5, 5.41) is 8.82. The van der Waals surface area contributed by atoms with Gasteiger partial charge in [0.1, 0.15) is 11.4 Å². The Kier molecular flexibility index (Phi) is 4.07. The number of hydrogen-bond donors (Lipinski definition) is 1. The fraction of sp³-hybridized carbons (Fsp3) is 0.385. The molecule has 1 heterocycles. The van der Waals surface area contributed by atoms with Crippen LogP contribution < -0.4 is 10.5 Å². The largest absolute Gasteiger partial charge is 0.495 e. The van der Waals surface area contributed by atoms with E-state index in [-0.39, 0.29) is 5.92 Å². The highest BCUT2D eigenvalue weighted by Gasteiger charge is 2.17. The first-order chi connectivity index (χ1) is 9.08. The third-order valence-electron chi connectivity index (χ3n) is 2.90. The maximum Gasteiger partial charge on any atom is 0.137 e.